The van der Waals surface area contributed by atoms with Crippen molar-refractivity contribution < 1.29 is 4.74 Å². The maximum atomic E-state index is 5.22. The number of hydrogen-bond acceptors (Lipinski definition) is 2. The number of methoxy groups -OCH3 is 1. The number of nitrogens with one attached hydrogen (secondary N) is 1. The lowest BCUT2D eigenvalue weighted by Crippen LogP contribution is -2.21. The fraction of sp³-hybridized carbons (Fsp3) is 0.500. The monoisotopic (exact) mass is 319 g/mol. The number of benzene rings is 1. The van der Waals surface area contributed by atoms with Gasteiger partial charge in [-0.05, 0) is 73.2 Å². The van der Waals surface area contributed by atoms with Gasteiger partial charge in [0.15, 0.2) is 0 Å². The summed E-state index contributed by atoms with van der Waals surface area (Å²) in [5.41, 5.74) is 1.37. The maximum Gasteiger partial charge on any atom is 0.119 e. The summed E-state index contributed by atoms with van der Waals surface area (Å²) in [6.45, 7) is 2.20. The number of halogens is 1. The lowest BCUT2D eigenvalue weighted by molar-refractivity contribution is 0.414. The summed E-state index contributed by atoms with van der Waals surface area (Å²) in [4.78, 5) is 0. The molecule has 3 heteroatoms. The van der Waals surface area contributed by atoms with Crippen molar-refractivity contribution in [1.82, 2.24) is 5.32 Å². The topological polar surface area (TPSA) is 21.3 Å². The van der Waals surface area contributed by atoms with E-state index in [0.717, 1.165) is 18.6 Å². The van der Waals surface area contributed by atoms with Gasteiger partial charge < -0.3 is 10.1 Å². The van der Waals surface area contributed by atoms with Gasteiger partial charge >= 0.3 is 0 Å². The summed E-state index contributed by atoms with van der Waals surface area (Å²) < 4.78 is 6.54. The average Bonchev–Trinajstić information content (AvgIpc) is 2.27. The normalized spacial score (nSPS) is 12.5. The van der Waals surface area contributed by atoms with Crippen LogP contribution in [0.2, 0.25) is 0 Å². The summed E-state index contributed by atoms with van der Waals surface area (Å²) in [7, 11) is 3.71. The van der Waals surface area contributed by atoms with Crippen molar-refractivity contribution in [1.29, 1.82) is 0 Å². The molecule has 0 heterocycles. The number of hydrogen-bond donors (Lipinski definition) is 1. The zero-order valence-electron chi connectivity index (χ0n) is 9.51. The number of ether oxygens (including phenoxy) is 1. The predicted octanol–water partition coefficient (Wildman–Crippen LogP) is 2.84. The first-order valence-electron chi connectivity index (χ1n) is 5.17. The van der Waals surface area contributed by atoms with Crippen LogP contribution in [0.4, 0.5) is 0 Å². The standard InChI is InChI=1S/C12H18INO/c1-9(14-2)4-5-10-8-11(15-3)6-7-12(10)13/h6-9,14H,4-5H2,1-3H3. The molecule has 0 aromatic heterocycles. The summed E-state index contributed by atoms with van der Waals surface area (Å²) >= 11 is 2.38. The van der Waals surface area contributed by atoms with Gasteiger partial charge in [0, 0.05) is 9.61 Å². The minimum atomic E-state index is 0.562. The Hall–Kier alpha value is -0.290. The van der Waals surface area contributed by atoms with Crippen LogP contribution in [0.5, 0.6) is 5.75 Å². The van der Waals surface area contributed by atoms with Crippen LogP contribution in [0.15, 0.2) is 18.2 Å². The van der Waals surface area contributed by atoms with Crippen molar-refractivity contribution in [2.45, 2.75) is 25.8 Å². The molecule has 0 aliphatic carbocycles. The Labute approximate surface area is 106 Å². The Morgan fingerprint density at radius 2 is 2.20 bits per heavy atom. The first kappa shape index (κ1) is 12.8. The molecular weight excluding hydrogens is 301 g/mol. The highest BCUT2D eigenvalue weighted by Gasteiger charge is 2.04. The van der Waals surface area contributed by atoms with Crippen molar-refractivity contribution >= 4 is 22.6 Å². The molecule has 0 aliphatic rings. The van der Waals surface area contributed by atoms with Gasteiger partial charge in [0.05, 0.1) is 7.11 Å². The lowest BCUT2D eigenvalue weighted by Gasteiger charge is -2.11. The minimum absolute atomic E-state index is 0.562. The molecular formula is C12H18INO. The Balaban J connectivity index is 2.66. The van der Waals surface area contributed by atoms with Gasteiger partial charge in [-0.1, -0.05) is 0 Å². The largest absolute Gasteiger partial charge is 0.497 e. The van der Waals surface area contributed by atoms with Crippen LogP contribution in [-0.2, 0) is 6.42 Å². The fourth-order valence-corrected chi connectivity index (χ4v) is 1.99. The van der Waals surface area contributed by atoms with Gasteiger partial charge in [-0.2, -0.15) is 0 Å². The number of aryl methyl sites for hydroxylation is 1. The first-order valence-corrected chi connectivity index (χ1v) is 6.25. The van der Waals surface area contributed by atoms with Crippen LogP contribution in [0.1, 0.15) is 18.9 Å². The Morgan fingerprint density at radius 1 is 1.47 bits per heavy atom. The van der Waals surface area contributed by atoms with E-state index in [4.69, 9.17) is 4.74 Å². The lowest BCUT2D eigenvalue weighted by atomic mass is 10.1. The molecule has 0 saturated heterocycles. The maximum absolute atomic E-state index is 5.22. The second-order valence-corrected chi connectivity index (χ2v) is 4.85. The van der Waals surface area contributed by atoms with E-state index in [1.165, 1.54) is 9.13 Å². The van der Waals surface area contributed by atoms with E-state index in [9.17, 15) is 0 Å². The molecule has 15 heavy (non-hydrogen) atoms. The van der Waals surface area contributed by atoms with Gasteiger partial charge in [0.2, 0.25) is 0 Å². The first-order chi connectivity index (χ1) is 7.17. The van der Waals surface area contributed by atoms with E-state index in [-0.39, 0.29) is 0 Å². The third-order valence-corrected chi connectivity index (χ3v) is 3.64. The van der Waals surface area contributed by atoms with Crippen LogP contribution in [0.3, 0.4) is 0 Å². The van der Waals surface area contributed by atoms with Gasteiger partial charge in [-0.25, -0.2) is 0 Å². The van der Waals surface area contributed by atoms with Gasteiger partial charge in [0.1, 0.15) is 5.75 Å². The Kier molecular flexibility index (Phi) is 5.39. The Bertz CT molecular complexity index is 314. The summed E-state index contributed by atoms with van der Waals surface area (Å²) in [5, 5.41) is 3.25. The highest BCUT2D eigenvalue weighted by molar-refractivity contribution is 14.1. The van der Waals surface area contributed by atoms with E-state index >= 15 is 0 Å². The van der Waals surface area contributed by atoms with E-state index < -0.39 is 0 Å². The molecule has 0 bridgehead atoms. The van der Waals surface area contributed by atoms with Crippen molar-refractivity contribution in [3.8, 4) is 5.75 Å². The van der Waals surface area contributed by atoms with E-state index in [2.05, 4.69) is 47.0 Å². The molecule has 0 amide bonds. The molecule has 2 nitrogen and oxygen atoms in total. The molecule has 1 aromatic carbocycles. The predicted molar refractivity (Wildman–Crippen MR) is 72.6 cm³/mol. The highest BCUT2D eigenvalue weighted by atomic mass is 127. The van der Waals surface area contributed by atoms with E-state index in [1.54, 1.807) is 7.11 Å². The van der Waals surface area contributed by atoms with E-state index in [1.807, 2.05) is 13.1 Å². The van der Waals surface area contributed by atoms with Gasteiger partial charge in [-0.15, -0.1) is 0 Å². The SMILES string of the molecule is CNC(C)CCc1cc(OC)ccc1I. The molecule has 0 spiro atoms. The van der Waals surface area contributed by atoms with Crippen LogP contribution >= 0.6 is 22.6 Å². The van der Waals surface area contributed by atoms with Crippen molar-refractivity contribution in [3.63, 3.8) is 0 Å². The van der Waals surface area contributed by atoms with Crippen molar-refractivity contribution in [2.75, 3.05) is 14.2 Å². The van der Waals surface area contributed by atoms with Gasteiger partial charge in [0.25, 0.3) is 0 Å². The highest BCUT2D eigenvalue weighted by Crippen LogP contribution is 2.20. The van der Waals surface area contributed by atoms with Crippen molar-refractivity contribution in [2.24, 2.45) is 0 Å². The van der Waals surface area contributed by atoms with Crippen LogP contribution in [0.25, 0.3) is 0 Å². The minimum Gasteiger partial charge on any atom is -0.497 e. The molecule has 1 rings (SSSR count). The molecule has 0 aliphatic heterocycles. The molecule has 1 atom stereocenters. The molecule has 84 valence electrons. The summed E-state index contributed by atoms with van der Waals surface area (Å²) in [6.07, 6.45) is 2.25. The fourth-order valence-electron chi connectivity index (χ4n) is 1.39. The van der Waals surface area contributed by atoms with Crippen LogP contribution in [0, 0.1) is 3.57 Å². The zero-order chi connectivity index (χ0) is 11.3. The summed E-state index contributed by atoms with van der Waals surface area (Å²) in [5.74, 6) is 0.947. The van der Waals surface area contributed by atoms with E-state index in [0.29, 0.717) is 6.04 Å². The zero-order valence-corrected chi connectivity index (χ0v) is 11.7. The third kappa shape index (κ3) is 3.99. The molecule has 0 fully saturated rings. The summed E-state index contributed by atoms with van der Waals surface area (Å²) in [6, 6.07) is 6.81. The molecule has 1 N–H and O–H groups in total. The van der Waals surface area contributed by atoms with Crippen molar-refractivity contribution in [3.05, 3.63) is 27.3 Å². The van der Waals surface area contributed by atoms with Gasteiger partial charge in [-0.3, -0.25) is 0 Å². The quantitative estimate of drug-likeness (QED) is 0.843. The smallest absolute Gasteiger partial charge is 0.119 e. The second kappa shape index (κ2) is 6.33. The second-order valence-electron chi connectivity index (χ2n) is 3.69. The average molecular weight is 319 g/mol. The Morgan fingerprint density at radius 3 is 2.80 bits per heavy atom. The van der Waals surface area contributed by atoms with Crippen LogP contribution < -0.4 is 10.1 Å². The molecule has 0 saturated carbocycles. The number of rotatable bonds is 5. The molecule has 1 aromatic rings. The molecule has 1 unspecified atom stereocenters. The molecule has 0 radical (unpaired) electrons. The third-order valence-electron chi connectivity index (χ3n) is 2.59. The van der Waals surface area contributed by atoms with Crippen LogP contribution in [-0.4, -0.2) is 20.2 Å².